The molecule has 4 heteroatoms. The number of carbonyl (C=O) groups excluding carboxylic acids is 2. The Bertz CT molecular complexity index is 471. The van der Waals surface area contributed by atoms with Crippen LogP contribution in [0.25, 0.3) is 0 Å². The first-order valence-electron chi connectivity index (χ1n) is 6.38. The van der Waals surface area contributed by atoms with Crippen molar-refractivity contribution in [2.75, 3.05) is 6.61 Å². The van der Waals surface area contributed by atoms with Crippen LogP contribution in [0.2, 0.25) is 0 Å². The Morgan fingerprint density at radius 2 is 1.74 bits per heavy atom. The number of aryl methyl sites for hydroxylation is 3. The second-order valence-electron chi connectivity index (χ2n) is 4.70. The first-order valence-corrected chi connectivity index (χ1v) is 6.38. The van der Waals surface area contributed by atoms with E-state index in [-0.39, 0.29) is 5.91 Å². The van der Waals surface area contributed by atoms with Crippen LogP contribution in [0.3, 0.4) is 0 Å². The predicted octanol–water partition coefficient (Wildman–Crippen LogP) is 2.35. The third kappa shape index (κ3) is 3.81. The molecule has 1 N–H and O–H groups in total. The minimum absolute atomic E-state index is 0.252. The molecule has 1 rings (SSSR count). The summed E-state index contributed by atoms with van der Waals surface area (Å²) in [5.74, 6) is -0.676. The van der Waals surface area contributed by atoms with E-state index in [1.54, 1.807) is 6.92 Å². The van der Waals surface area contributed by atoms with Crippen molar-refractivity contribution in [2.45, 2.75) is 40.7 Å². The fraction of sp³-hybridized carbons (Fsp3) is 0.467. The molecule has 0 spiro atoms. The van der Waals surface area contributed by atoms with Crippen LogP contribution >= 0.6 is 0 Å². The molecule has 0 aliphatic heterocycles. The molecule has 0 radical (unpaired) electrons. The standard InChI is InChI=1S/C15H21NO3/c1-6-19-15(18)14(16-12(5)17)13-10(3)7-9(2)8-11(13)4/h7-8,14H,6H2,1-5H3,(H,16,17). The maximum Gasteiger partial charge on any atom is 0.333 e. The third-order valence-electron chi connectivity index (χ3n) is 2.90. The van der Waals surface area contributed by atoms with Gasteiger partial charge in [-0.15, -0.1) is 0 Å². The maximum absolute atomic E-state index is 12.0. The van der Waals surface area contributed by atoms with Gasteiger partial charge in [-0.2, -0.15) is 0 Å². The van der Waals surface area contributed by atoms with Crippen LogP contribution < -0.4 is 5.32 Å². The summed E-state index contributed by atoms with van der Waals surface area (Å²) >= 11 is 0. The van der Waals surface area contributed by atoms with E-state index in [0.717, 1.165) is 22.3 Å². The molecule has 0 aliphatic carbocycles. The van der Waals surface area contributed by atoms with Gasteiger partial charge in [0.2, 0.25) is 5.91 Å². The van der Waals surface area contributed by atoms with E-state index in [1.807, 2.05) is 32.9 Å². The predicted molar refractivity (Wildman–Crippen MR) is 73.8 cm³/mol. The minimum atomic E-state index is -0.738. The van der Waals surface area contributed by atoms with Crippen molar-refractivity contribution in [3.8, 4) is 0 Å². The fourth-order valence-corrected chi connectivity index (χ4v) is 2.32. The molecule has 104 valence electrons. The Balaban J connectivity index is 3.24. The topological polar surface area (TPSA) is 55.4 Å². The third-order valence-corrected chi connectivity index (χ3v) is 2.90. The summed E-state index contributed by atoms with van der Waals surface area (Å²) in [5, 5.41) is 2.67. The normalized spacial score (nSPS) is 11.8. The summed E-state index contributed by atoms with van der Waals surface area (Å²) in [6, 6.07) is 3.25. The molecule has 0 aromatic heterocycles. The number of hydrogen-bond donors (Lipinski definition) is 1. The molecule has 0 saturated heterocycles. The number of benzene rings is 1. The second-order valence-corrected chi connectivity index (χ2v) is 4.70. The van der Waals surface area contributed by atoms with Crippen molar-refractivity contribution in [3.05, 3.63) is 34.4 Å². The molecule has 1 aromatic carbocycles. The molecule has 1 aromatic rings. The highest BCUT2D eigenvalue weighted by molar-refractivity contribution is 5.85. The zero-order valence-electron chi connectivity index (χ0n) is 12.2. The Kier molecular flexibility index (Phi) is 5.10. The molecule has 1 atom stereocenters. The number of rotatable bonds is 4. The van der Waals surface area contributed by atoms with Crippen molar-refractivity contribution in [2.24, 2.45) is 0 Å². The van der Waals surface area contributed by atoms with Crippen molar-refractivity contribution >= 4 is 11.9 Å². The maximum atomic E-state index is 12.0. The Morgan fingerprint density at radius 1 is 1.21 bits per heavy atom. The van der Waals surface area contributed by atoms with Gasteiger partial charge in [-0.25, -0.2) is 4.79 Å². The molecule has 0 aliphatic rings. The van der Waals surface area contributed by atoms with Gasteiger partial charge >= 0.3 is 5.97 Å². The lowest BCUT2D eigenvalue weighted by molar-refractivity contribution is -0.147. The summed E-state index contributed by atoms with van der Waals surface area (Å²) in [5.41, 5.74) is 3.90. The van der Waals surface area contributed by atoms with Gasteiger partial charge < -0.3 is 10.1 Å². The highest BCUT2D eigenvalue weighted by Crippen LogP contribution is 2.24. The Hall–Kier alpha value is -1.84. The number of esters is 1. The van der Waals surface area contributed by atoms with Crippen molar-refractivity contribution < 1.29 is 14.3 Å². The Morgan fingerprint density at radius 3 is 2.16 bits per heavy atom. The first-order chi connectivity index (χ1) is 8.86. The summed E-state index contributed by atoms with van der Waals surface area (Å²) in [6.07, 6.45) is 0. The van der Waals surface area contributed by atoms with Crippen molar-refractivity contribution in [1.82, 2.24) is 5.32 Å². The quantitative estimate of drug-likeness (QED) is 0.848. The van der Waals surface area contributed by atoms with E-state index in [1.165, 1.54) is 6.92 Å². The van der Waals surface area contributed by atoms with Crippen LogP contribution in [0.1, 0.15) is 42.1 Å². The van der Waals surface area contributed by atoms with E-state index in [0.29, 0.717) is 6.61 Å². The van der Waals surface area contributed by atoms with Crippen molar-refractivity contribution in [3.63, 3.8) is 0 Å². The van der Waals surface area contributed by atoms with Gasteiger partial charge in [-0.05, 0) is 44.4 Å². The number of ether oxygens (including phenoxy) is 1. The van der Waals surface area contributed by atoms with Crippen LogP contribution in [0.15, 0.2) is 12.1 Å². The molecule has 0 heterocycles. The van der Waals surface area contributed by atoms with Crippen LogP contribution in [0, 0.1) is 20.8 Å². The van der Waals surface area contributed by atoms with Gasteiger partial charge in [-0.3, -0.25) is 4.79 Å². The van der Waals surface area contributed by atoms with E-state index >= 15 is 0 Å². The van der Waals surface area contributed by atoms with Crippen LogP contribution in [0.5, 0.6) is 0 Å². The molecular weight excluding hydrogens is 242 g/mol. The summed E-state index contributed by atoms with van der Waals surface area (Å²) in [7, 11) is 0. The first kappa shape index (κ1) is 15.2. The number of amides is 1. The highest BCUT2D eigenvalue weighted by Gasteiger charge is 2.26. The van der Waals surface area contributed by atoms with E-state index in [2.05, 4.69) is 5.32 Å². The zero-order valence-corrected chi connectivity index (χ0v) is 12.2. The largest absolute Gasteiger partial charge is 0.464 e. The highest BCUT2D eigenvalue weighted by atomic mass is 16.5. The van der Waals surface area contributed by atoms with Gasteiger partial charge in [0.15, 0.2) is 6.04 Å². The number of hydrogen-bond acceptors (Lipinski definition) is 3. The molecule has 0 bridgehead atoms. The van der Waals surface area contributed by atoms with Crippen molar-refractivity contribution in [1.29, 1.82) is 0 Å². The number of nitrogens with one attached hydrogen (secondary N) is 1. The van der Waals surface area contributed by atoms with E-state index in [9.17, 15) is 9.59 Å². The number of carbonyl (C=O) groups is 2. The van der Waals surface area contributed by atoms with Crippen LogP contribution in [-0.2, 0) is 14.3 Å². The lowest BCUT2D eigenvalue weighted by Crippen LogP contribution is -2.34. The minimum Gasteiger partial charge on any atom is -0.464 e. The lowest BCUT2D eigenvalue weighted by Gasteiger charge is -2.21. The molecule has 1 amide bonds. The van der Waals surface area contributed by atoms with E-state index < -0.39 is 12.0 Å². The van der Waals surface area contributed by atoms with Gasteiger partial charge in [0.1, 0.15) is 0 Å². The van der Waals surface area contributed by atoms with Gasteiger partial charge in [0.25, 0.3) is 0 Å². The monoisotopic (exact) mass is 263 g/mol. The Labute approximate surface area is 114 Å². The van der Waals surface area contributed by atoms with Gasteiger partial charge in [0, 0.05) is 6.92 Å². The zero-order chi connectivity index (χ0) is 14.6. The average molecular weight is 263 g/mol. The van der Waals surface area contributed by atoms with E-state index in [4.69, 9.17) is 4.74 Å². The molecule has 0 saturated carbocycles. The van der Waals surface area contributed by atoms with Crippen LogP contribution in [-0.4, -0.2) is 18.5 Å². The average Bonchev–Trinajstić information content (AvgIpc) is 2.26. The molecule has 1 unspecified atom stereocenters. The SMILES string of the molecule is CCOC(=O)C(NC(C)=O)c1c(C)cc(C)cc1C. The molecule has 19 heavy (non-hydrogen) atoms. The van der Waals surface area contributed by atoms with Gasteiger partial charge in [0.05, 0.1) is 6.61 Å². The summed E-state index contributed by atoms with van der Waals surface area (Å²) in [4.78, 5) is 23.3. The summed E-state index contributed by atoms with van der Waals surface area (Å²) < 4.78 is 5.05. The molecular formula is C15H21NO3. The lowest BCUT2D eigenvalue weighted by atomic mass is 9.94. The molecule has 0 fully saturated rings. The molecule has 4 nitrogen and oxygen atoms in total. The fourth-order valence-electron chi connectivity index (χ4n) is 2.32. The smallest absolute Gasteiger partial charge is 0.333 e. The summed E-state index contributed by atoms with van der Waals surface area (Å²) in [6.45, 7) is 9.30. The van der Waals surface area contributed by atoms with Crippen LogP contribution in [0.4, 0.5) is 0 Å². The second kappa shape index (κ2) is 6.36. The van der Waals surface area contributed by atoms with Gasteiger partial charge in [-0.1, -0.05) is 17.7 Å².